The molecule has 0 unspecified atom stereocenters. The predicted octanol–water partition coefficient (Wildman–Crippen LogP) is 9.95. The van der Waals surface area contributed by atoms with E-state index in [1.165, 1.54) is 11.8 Å². The Morgan fingerprint density at radius 3 is 2.25 bits per heavy atom. The molecule has 44 heavy (non-hydrogen) atoms. The van der Waals surface area contributed by atoms with Crippen molar-refractivity contribution in [2.75, 3.05) is 0 Å². The molecule has 0 aliphatic heterocycles. The van der Waals surface area contributed by atoms with E-state index >= 15 is 0 Å². The molecule has 0 bridgehead atoms. The second kappa shape index (κ2) is 13.5. The maximum Gasteiger partial charge on any atom is 0.151 e. The van der Waals surface area contributed by atoms with E-state index in [0.29, 0.717) is 5.56 Å². The molecule has 0 aliphatic rings. The van der Waals surface area contributed by atoms with Gasteiger partial charge in [0.2, 0.25) is 0 Å². The summed E-state index contributed by atoms with van der Waals surface area (Å²) in [6.45, 7) is 4.41. The second-order valence-corrected chi connectivity index (χ2v) is 11.7. The van der Waals surface area contributed by atoms with Gasteiger partial charge >= 0.3 is 0 Å². The summed E-state index contributed by atoms with van der Waals surface area (Å²) < 4.78 is 29.4. The van der Waals surface area contributed by atoms with Crippen LogP contribution in [0.4, 0.5) is 0 Å². The fraction of sp³-hybridized carbons (Fsp3) is 0.154. The van der Waals surface area contributed by atoms with E-state index in [9.17, 15) is 0 Å². The van der Waals surface area contributed by atoms with Gasteiger partial charge in [0.25, 0.3) is 0 Å². The fourth-order valence-corrected chi connectivity index (χ4v) is 5.06. The molecule has 4 heterocycles. The number of rotatable bonds is 4. The van der Waals surface area contributed by atoms with Gasteiger partial charge in [-0.2, -0.15) is 0 Å². The first kappa shape index (κ1) is 27.1. The molecule has 0 N–H and O–H groups in total. The number of benzene rings is 3. The van der Waals surface area contributed by atoms with E-state index in [1.807, 2.05) is 78.9 Å². The number of fused-ring (bicyclic) bond motifs is 3. The Kier molecular flexibility index (Phi) is 8.30. The van der Waals surface area contributed by atoms with Crippen LogP contribution in [0.15, 0.2) is 120 Å². The number of furan rings is 1. The molecule has 0 amide bonds. The molecule has 7 aromatic rings. The molecule has 5 heteroatoms. The molecule has 221 valence electrons. The van der Waals surface area contributed by atoms with Crippen LogP contribution in [0, 0.1) is 24.5 Å². The Morgan fingerprint density at radius 1 is 0.773 bits per heavy atom. The maximum absolute atomic E-state index is 7.88. The minimum absolute atomic E-state index is 0. The number of hydrogen-bond acceptors (Lipinski definition) is 4. The first-order valence-electron chi connectivity index (χ1n) is 15.7. The summed E-state index contributed by atoms with van der Waals surface area (Å²) in [6.07, 6.45) is 8.85. The molecule has 3 aromatic carbocycles. The minimum Gasteiger partial charge on any atom is -0.455 e. The van der Waals surface area contributed by atoms with Gasteiger partial charge in [-0.15, -0.1) is 53.6 Å². The van der Waals surface area contributed by atoms with Gasteiger partial charge in [-0.3, -0.25) is 0 Å². The Labute approximate surface area is 276 Å². The van der Waals surface area contributed by atoms with E-state index in [4.69, 9.17) is 8.53 Å². The van der Waals surface area contributed by atoms with Crippen molar-refractivity contribution in [2.24, 2.45) is 5.41 Å². The summed E-state index contributed by atoms with van der Waals surface area (Å²) in [7, 11) is 0. The monoisotopic (exact) mass is 755 g/mol. The van der Waals surface area contributed by atoms with Crippen LogP contribution < -0.4 is 0 Å². The number of aromatic nitrogens is 3. The van der Waals surface area contributed by atoms with Crippen LogP contribution in [0.1, 0.15) is 36.0 Å². The second-order valence-electron chi connectivity index (χ2n) is 11.7. The number of hydrogen-bond donors (Lipinski definition) is 0. The van der Waals surface area contributed by atoms with Crippen molar-refractivity contribution in [2.45, 2.75) is 34.0 Å². The van der Waals surface area contributed by atoms with Crippen molar-refractivity contribution in [1.29, 1.82) is 0 Å². The molecule has 0 saturated heterocycles. The molecule has 0 atom stereocenters. The Morgan fingerprint density at radius 2 is 1.52 bits per heavy atom. The van der Waals surface area contributed by atoms with Crippen molar-refractivity contribution in [3.05, 3.63) is 139 Å². The normalized spacial score (nSPS) is 12.4. The Balaban J connectivity index is 0.000000190. The molecule has 0 aliphatic carbocycles. The summed E-state index contributed by atoms with van der Waals surface area (Å²) >= 11 is 0. The molecule has 1 radical (unpaired) electrons. The number of pyridine rings is 3. The molecule has 7 rings (SSSR count). The van der Waals surface area contributed by atoms with Gasteiger partial charge < -0.3 is 19.4 Å². The maximum atomic E-state index is 7.88. The van der Waals surface area contributed by atoms with Crippen LogP contribution in [0.3, 0.4) is 0 Å². The average molecular weight is 755 g/mol. The van der Waals surface area contributed by atoms with Crippen molar-refractivity contribution in [1.82, 2.24) is 15.0 Å². The molecule has 4 nitrogen and oxygen atoms in total. The van der Waals surface area contributed by atoms with Crippen molar-refractivity contribution >= 4 is 21.9 Å². The summed E-state index contributed by atoms with van der Waals surface area (Å²) in [4.78, 5) is 12.8. The summed E-state index contributed by atoms with van der Waals surface area (Å²) in [5, 5.41) is 2.17. The number of aryl methyl sites for hydroxylation is 1. The van der Waals surface area contributed by atoms with Gasteiger partial charge in [-0.05, 0) is 64.6 Å². The third kappa shape index (κ3) is 7.19. The fourth-order valence-electron chi connectivity index (χ4n) is 5.06. The minimum atomic E-state index is -2.22. The van der Waals surface area contributed by atoms with Crippen molar-refractivity contribution < 1.29 is 28.6 Å². The van der Waals surface area contributed by atoms with Crippen molar-refractivity contribution in [3.8, 4) is 33.6 Å². The van der Waals surface area contributed by atoms with Crippen molar-refractivity contribution in [3.63, 3.8) is 0 Å². The zero-order chi connectivity index (χ0) is 32.3. The van der Waals surface area contributed by atoms with E-state index in [-0.39, 0.29) is 31.1 Å². The molecular formula is C39H33IrN3O-2. The molecule has 4 aromatic heterocycles. The van der Waals surface area contributed by atoms with E-state index in [0.717, 1.165) is 56.4 Å². The number of nitrogens with zero attached hydrogens (tertiary/aromatic N) is 3. The van der Waals surface area contributed by atoms with Gasteiger partial charge in [0.15, 0.2) is 5.58 Å². The van der Waals surface area contributed by atoms with E-state index < -0.39 is 6.85 Å². The standard InChI is InChI=1S/C23H24N.C16H9N2O.Ir/c1-17-16-24-22(20-8-6-5-7-9-20)14-21(17)19-12-10-18(11-13-19)15-23(2,3)4;1-2-6-15-12(5-1)13-8-14(18-10-16(13)19-15)11-4-3-7-17-9-11;/h5-8,10-14,16H,15H2,1-4H3;1-8,10H;/q2*-1;/i1D3;;. The third-order valence-electron chi connectivity index (χ3n) is 7.04. The van der Waals surface area contributed by atoms with Gasteiger partial charge in [-0.1, -0.05) is 81.6 Å². The summed E-state index contributed by atoms with van der Waals surface area (Å²) in [5.41, 5.74) is 8.29. The summed E-state index contributed by atoms with van der Waals surface area (Å²) in [5.74, 6) is 0. The Hall–Kier alpha value is -4.44. The van der Waals surface area contributed by atoms with Crippen LogP contribution in [0.5, 0.6) is 0 Å². The zero-order valence-electron chi connectivity index (χ0n) is 27.8. The summed E-state index contributed by atoms with van der Waals surface area (Å²) in [6, 6.07) is 34.6. The van der Waals surface area contributed by atoms with Gasteiger partial charge in [0.05, 0.1) is 6.20 Å². The third-order valence-corrected chi connectivity index (χ3v) is 7.04. The van der Waals surface area contributed by atoms with Crippen LogP contribution in [-0.2, 0) is 26.5 Å². The van der Waals surface area contributed by atoms with E-state index in [1.54, 1.807) is 12.4 Å². The smallest absolute Gasteiger partial charge is 0.151 e. The first-order valence-corrected chi connectivity index (χ1v) is 14.2. The quantitative estimate of drug-likeness (QED) is 0.168. The van der Waals surface area contributed by atoms with Gasteiger partial charge in [0.1, 0.15) is 5.58 Å². The molecule has 0 saturated carbocycles. The van der Waals surface area contributed by atoms with Crippen LogP contribution in [0.25, 0.3) is 55.6 Å². The molecule has 0 spiro atoms. The Bertz CT molecular complexity index is 2090. The van der Waals surface area contributed by atoms with E-state index in [2.05, 4.69) is 66.2 Å². The van der Waals surface area contributed by atoms with Crippen LogP contribution >= 0.6 is 0 Å². The molecule has 0 fully saturated rings. The predicted molar refractivity (Wildman–Crippen MR) is 175 cm³/mol. The average Bonchev–Trinajstić information content (AvgIpc) is 3.43. The largest absolute Gasteiger partial charge is 0.455 e. The van der Waals surface area contributed by atoms with Gasteiger partial charge in [-0.25, -0.2) is 0 Å². The topological polar surface area (TPSA) is 51.8 Å². The number of para-hydroxylation sites is 1. The van der Waals surface area contributed by atoms with Crippen LogP contribution in [-0.4, -0.2) is 15.0 Å². The van der Waals surface area contributed by atoms with Gasteiger partial charge in [0, 0.05) is 41.2 Å². The SMILES string of the molecule is [2H]C([2H])([2H])c1cnc(-c2[c-]cccc2)cc1-c1ccc(CC(C)(C)C)cc1.[Ir].[c-]1ncccc1-c1cc2c(cn1)oc1ccccc12. The zero-order valence-corrected chi connectivity index (χ0v) is 27.2. The molecular weight excluding hydrogens is 719 g/mol. The van der Waals surface area contributed by atoms with Crippen LogP contribution in [0.2, 0.25) is 0 Å². The first-order chi connectivity index (χ1) is 22.0.